The zero-order chi connectivity index (χ0) is 44.7. The van der Waals surface area contributed by atoms with Gasteiger partial charge in [0.1, 0.15) is 24.4 Å². The van der Waals surface area contributed by atoms with Gasteiger partial charge < -0.3 is 48.1 Å². The Kier molecular flexibility index (Phi) is 15.0. The standard InChI is InChI=1S/C48H68ClN3O10S/c1-10-27-14-13-17-37(62-39-19-18-36(52(5)6)25(3)58-39)24(2)42(54)32-22-30-29-20-28(61-47-45(57-9)44(56-8)43(55-7)26(4)59-47)21-33(29)46-41(40(30)31(32)23-38(53)60-27)51-48(63-46)50-35-16-12-11-15-34(35)49/h11-12,15-16,22,24-31,33,36-37,39-40,43-45,47H,10,13-14,17-21,23H2,1-9H3,(H,50,51)/t24-,25-,26+,27+,28+,29+,30+,31-,33?,36+,37+,39+,40?,43+,44-,45-,47+/m1/s1. The van der Waals surface area contributed by atoms with Crippen LogP contribution in [-0.4, -0.2) is 125 Å². The molecular weight excluding hydrogens is 846 g/mol. The van der Waals surface area contributed by atoms with Gasteiger partial charge in [0.25, 0.3) is 0 Å². The molecule has 3 saturated heterocycles. The smallest absolute Gasteiger partial charge is 0.306 e. The molecule has 1 saturated carbocycles. The largest absolute Gasteiger partial charge is 0.462 e. The summed E-state index contributed by atoms with van der Waals surface area (Å²) in [5.74, 6) is -1.22. The van der Waals surface area contributed by atoms with E-state index in [1.807, 2.05) is 38.1 Å². The number of rotatable bonds is 11. The summed E-state index contributed by atoms with van der Waals surface area (Å²) in [6, 6.07) is 7.94. The van der Waals surface area contributed by atoms with Crippen LogP contribution in [0, 0.1) is 23.7 Å². The van der Waals surface area contributed by atoms with E-state index in [4.69, 9.17) is 54.5 Å². The van der Waals surface area contributed by atoms with Gasteiger partial charge in [-0.3, -0.25) is 9.59 Å². The Morgan fingerprint density at radius 3 is 2.37 bits per heavy atom. The molecule has 0 bridgehead atoms. The second-order valence-corrected chi connectivity index (χ2v) is 20.3. The number of likely N-dealkylation sites (N-methyl/N-ethyl adjacent to an activating group) is 1. The first-order chi connectivity index (χ1) is 30.3. The number of Topliss-reactive ketones (excluding diaryl/α,β-unsaturated/α-hetero) is 1. The number of nitrogens with one attached hydrogen (secondary N) is 1. The lowest BCUT2D eigenvalue weighted by Gasteiger charge is -2.44. The third kappa shape index (κ3) is 9.55. The Morgan fingerprint density at radius 2 is 1.67 bits per heavy atom. The lowest BCUT2D eigenvalue weighted by atomic mass is 9.67. The Labute approximate surface area is 382 Å². The number of esters is 1. The van der Waals surface area contributed by atoms with Gasteiger partial charge in [-0.05, 0) is 109 Å². The summed E-state index contributed by atoms with van der Waals surface area (Å²) in [6.45, 7) is 8.14. The molecule has 2 unspecified atom stereocenters. The molecule has 4 fully saturated rings. The molecule has 348 valence electrons. The van der Waals surface area contributed by atoms with Crippen molar-refractivity contribution in [3.8, 4) is 0 Å². The van der Waals surface area contributed by atoms with Crippen LogP contribution >= 0.6 is 22.9 Å². The van der Waals surface area contributed by atoms with Crippen LogP contribution in [0.15, 0.2) is 35.9 Å². The van der Waals surface area contributed by atoms with Gasteiger partial charge in [-0.15, -0.1) is 11.3 Å². The number of anilines is 2. The molecule has 1 aromatic carbocycles. The number of para-hydroxylation sites is 1. The molecule has 8 rings (SSSR count). The number of thiazole rings is 1. The number of halogens is 1. The predicted octanol–water partition coefficient (Wildman–Crippen LogP) is 8.42. The summed E-state index contributed by atoms with van der Waals surface area (Å²) in [5.41, 5.74) is 2.37. The van der Waals surface area contributed by atoms with Crippen molar-refractivity contribution in [2.24, 2.45) is 23.7 Å². The third-order valence-corrected chi connectivity index (χ3v) is 16.5. The number of benzene rings is 1. The molecule has 0 spiro atoms. The molecule has 17 atom stereocenters. The van der Waals surface area contributed by atoms with Crippen molar-refractivity contribution in [3.05, 3.63) is 51.5 Å². The number of carbonyl (C=O) groups excluding carboxylic acids is 2. The van der Waals surface area contributed by atoms with E-state index in [-0.39, 0.29) is 84.6 Å². The van der Waals surface area contributed by atoms with Gasteiger partial charge in [0.05, 0.1) is 47.2 Å². The third-order valence-electron chi connectivity index (χ3n) is 15.0. The van der Waals surface area contributed by atoms with Gasteiger partial charge in [0.2, 0.25) is 0 Å². The van der Waals surface area contributed by atoms with E-state index in [0.717, 1.165) is 53.5 Å². The number of ether oxygens (including phenoxy) is 8. The quantitative estimate of drug-likeness (QED) is 0.216. The number of allylic oxidation sites excluding steroid dienone is 2. The number of nitrogens with zero attached hydrogens (tertiary/aromatic N) is 2. The van der Waals surface area contributed by atoms with Crippen LogP contribution in [0.4, 0.5) is 10.8 Å². The first-order valence-electron chi connectivity index (χ1n) is 23.2. The second-order valence-electron chi connectivity index (χ2n) is 18.9. The Hall–Kier alpha value is -2.50. The van der Waals surface area contributed by atoms with Gasteiger partial charge in [0, 0.05) is 55.9 Å². The fraction of sp³-hybridized carbons (Fsp3) is 0.729. The number of aromatic nitrogens is 1. The normalized spacial score (nSPS) is 39.6. The van der Waals surface area contributed by atoms with Crippen molar-refractivity contribution in [2.45, 2.75) is 165 Å². The molecule has 3 aliphatic heterocycles. The average Bonchev–Trinajstić information content (AvgIpc) is 3.98. The number of fused-ring (bicyclic) bond motifs is 8. The van der Waals surface area contributed by atoms with E-state index in [9.17, 15) is 4.79 Å². The predicted molar refractivity (Wildman–Crippen MR) is 240 cm³/mol. The highest BCUT2D eigenvalue weighted by Gasteiger charge is 2.57. The Bertz CT molecular complexity index is 1950. The summed E-state index contributed by atoms with van der Waals surface area (Å²) in [6.07, 6.45) is 4.96. The molecule has 63 heavy (non-hydrogen) atoms. The molecule has 15 heteroatoms. The van der Waals surface area contributed by atoms with Crippen molar-refractivity contribution in [3.63, 3.8) is 0 Å². The zero-order valence-corrected chi connectivity index (χ0v) is 39.9. The maximum Gasteiger partial charge on any atom is 0.306 e. The molecule has 0 amide bonds. The maximum absolute atomic E-state index is 15.2. The highest BCUT2D eigenvalue weighted by Crippen LogP contribution is 2.63. The average molecular weight is 915 g/mol. The van der Waals surface area contributed by atoms with Crippen molar-refractivity contribution in [1.29, 1.82) is 0 Å². The summed E-state index contributed by atoms with van der Waals surface area (Å²) < 4.78 is 50.5. The van der Waals surface area contributed by atoms with Gasteiger partial charge in [-0.25, -0.2) is 4.98 Å². The summed E-state index contributed by atoms with van der Waals surface area (Å²) in [5, 5.41) is 4.81. The van der Waals surface area contributed by atoms with E-state index in [2.05, 4.69) is 44.2 Å². The van der Waals surface area contributed by atoms with Crippen LogP contribution in [-0.2, 0) is 47.5 Å². The number of cyclic esters (lactones) is 1. The molecule has 1 aromatic heterocycles. The Morgan fingerprint density at radius 1 is 0.905 bits per heavy atom. The molecule has 13 nitrogen and oxygen atoms in total. The number of methoxy groups -OCH3 is 3. The summed E-state index contributed by atoms with van der Waals surface area (Å²) in [7, 11) is 9.13. The highest BCUT2D eigenvalue weighted by atomic mass is 35.5. The number of hydrogen-bond acceptors (Lipinski definition) is 14. The summed E-state index contributed by atoms with van der Waals surface area (Å²) in [4.78, 5) is 38.0. The van der Waals surface area contributed by atoms with Crippen molar-refractivity contribution in [1.82, 2.24) is 9.88 Å². The van der Waals surface area contributed by atoms with Crippen LogP contribution in [0.2, 0.25) is 5.02 Å². The number of hydrogen-bond donors (Lipinski definition) is 1. The zero-order valence-electron chi connectivity index (χ0n) is 38.3. The van der Waals surface area contributed by atoms with Crippen LogP contribution in [0.5, 0.6) is 0 Å². The first kappa shape index (κ1) is 47.0. The van der Waals surface area contributed by atoms with Crippen LogP contribution in [0.1, 0.15) is 108 Å². The van der Waals surface area contributed by atoms with Gasteiger partial charge in [-0.1, -0.05) is 43.7 Å². The maximum atomic E-state index is 15.2. The first-order valence-corrected chi connectivity index (χ1v) is 24.4. The number of carbonyl (C=O) groups is 2. The molecule has 0 radical (unpaired) electrons. The van der Waals surface area contributed by atoms with E-state index in [1.54, 1.807) is 32.7 Å². The van der Waals surface area contributed by atoms with Crippen molar-refractivity contribution in [2.75, 3.05) is 40.7 Å². The van der Waals surface area contributed by atoms with Gasteiger partial charge in [-0.2, -0.15) is 0 Å². The van der Waals surface area contributed by atoms with E-state index in [1.165, 1.54) is 0 Å². The van der Waals surface area contributed by atoms with Gasteiger partial charge >= 0.3 is 5.97 Å². The minimum absolute atomic E-state index is 0.00107. The van der Waals surface area contributed by atoms with Crippen molar-refractivity contribution < 1.29 is 47.5 Å². The second kappa shape index (κ2) is 20.2. The van der Waals surface area contributed by atoms with E-state index >= 15 is 4.79 Å². The Balaban J connectivity index is 1.14. The molecule has 2 aromatic rings. The van der Waals surface area contributed by atoms with E-state index in [0.29, 0.717) is 35.9 Å². The SMILES string of the molecule is CC[C@H]1CCC[C@H](O[C@H]2CC[C@H](N(C)C)[C@@H](C)O2)[C@@H](C)C(=O)C2=C[C@@H]3C(c4nc(Nc5ccccc5Cl)sc4C4C[C@@H](O[C@@H]5O[C@@H](C)[C@H](OC)[C@@H](OC)[C@H]5OC)C[C@H]43)[C@@H]2CC(=O)O1. The fourth-order valence-electron chi connectivity index (χ4n) is 11.8. The topological polar surface area (TPSA) is 136 Å². The van der Waals surface area contributed by atoms with E-state index < -0.39 is 30.5 Å². The van der Waals surface area contributed by atoms with Crippen LogP contribution in [0.3, 0.4) is 0 Å². The minimum atomic E-state index is -0.678. The minimum Gasteiger partial charge on any atom is -0.462 e. The van der Waals surface area contributed by atoms with Crippen LogP contribution < -0.4 is 5.32 Å². The highest BCUT2D eigenvalue weighted by molar-refractivity contribution is 7.15. The molecule has 6 aliphatic rings. The fourth-order valence-corrected chi connectivity index (χ4v) is 13.2. The molecule has 4 heterocycles. The molecular formula is C48H68ClN3O10S. The van der Waals surface area contributed by atoms with Gasteiger partial charge in [0.15, 0.2) is 23.5 Å². The molecule has 1 N–H and O–H groups in total. The van der Waals surface area contributed by atoms with Crippen molar-refractivity contribution >= 4 is 45.5 Å². The van der Waals surface area contributed by atoms with Crippen LogP contribution in [0.25, 0.3) is 0 Å². The lowest BCUT2D eigenvalue weighted by molar-refractivity contribution is -0.314. The molecule has 3 aliphatic carbocycles. The lowest BCUT2D eigenvalue weighted by Crippen LogP contribution is -2.59. The monoisotopic (exact) mass is 913 g/mol. The number of ketones is 1. The summed E-state index contributed by atoms with van der Waals surface area (Å²) >= 11 is 8.28.